The Labute approximate surface area is 113 Å². The zero-order valence-electron chi connectivity index (χ0n) is 10.2. The number of benzene rings is 2. The standard InChI is InChI=1S/C14H11NO5/c16-8-5-6-12(17)10(7-8)13(18)15-11-4-2-1-3-9(11)14(19)20/h1-7,16-17H,(H,15,18)(H,19,20). The van der Waals surface area contributed by atoms with Crippen LogP contribution in [-0.4, -0.2) is 27.2 Å². The Balaban J connectivity index is 2.33. The molecule has 2 aromatic rings. The number of nitrogens with one attached hydrogen (secondary N) is 1. The molecule has 0 saturated carbocycles. The van der Waals surface area contributed by atoms with Gasteiger partial charge >= 0.3 is 5.97 Å². The lowest BCUT2D eigenvalue weighted by molar-refractivity contribution is 0.0698. The highest BCUT2D eigenvalue weighted by Gasteiger charge is 2.15. The predicted octanol–water partition coefficient (Wildman–Crippen LogP) is 2.05. The monoisotopic (exact) mass is 273 g/mol. The zero-order chi connectivity index (χ0) is 14.7. The molecule has 0 bridgehead atoms. The van der Waals surface area contributed by atoms with E-state index in [9.17, 15) is 19.8 Å². The molecule has 0 unspecified atom stereocenters. The van der Waals surface area contributed by atoms with E-state index in [0.717, 1.165) is 6.07 Å². The number of phenolic OH excluding ortho intramolecular Hbond substituents is 2. The normalized spacial score (nSPS) is 10.0. The van der Waals surface area contributed by atoms with Crippen molar-refractivity contribution in [2.75, 3.05) is 5.32 Å². The minimum atomic E-state index is -1.18. The number of phenols is 2. The number of carbonyl (C=O) groups excluding carboxylic acids is 1. The molecule has 0 spiro atoms. The Kier molecular flexibility index (Phi) is 3.56. The quantitative estimate of drug-likeness (QED) is 0.640. The number of para-hydroxylation sites is 1. The van der Waals surface area contributed by atoms with Gasteiger partial charge in [0.2, 0.25) is 0 Å². The highest BCUT2D eigenvalue weighted by molar-refractivity contribution is 6.09. The number of hydrogen-bond donors (Lipinski definition) is 4. The van der Waals surface area contributed by atoms with Crippen molar-refractivity contribution in [2.24, 2.45) is 0 Å². The van der Waals surface area contributed by atoms with Gasteiger partial charge in [-0.1, -0.05) is 12.1 Å². The molecule has 2 aromatic carbocycles. The maximum atomic E-state index is 12.0. The van der Waals surface area contributed by atoms with Crippen LogP contribution in [0.15, 0.2) is 42.5 Å². The zero-order valence-corrected chi connectivity index (χ0v) is 10.2. The largest absolute Gasteiger partial charge is 0.508 e. The maximum absolute atomic E-state index is 12.0. The van der Waals surface area contributed by atoms with Crippen LogP contribution >= 0.6 is 0 Å². The van der Waals surface area contributed by atoms with E-state index < -0.39 is 11.9 Å². The first-order chi connectivity index (χ1) is 9.49. The number of carbonyl (C=O) groups is 2. The minimum Gasteiger partial charge on any atom is -0.508 e. The Bertz CT molecular complexity index is 681. The highest BCUT2D eigenvalue weighted by Crippen LogP contribution is 2.24. The van der Waals surface area contributed by atoms with Gasteiger partial charge in [-0.05, 0) is 30.3 Å². The number of rotatable bonds is 3. The van der Waals surface area contributed by atoms with Crippen LogP contribution in [0.4, 0.5) is 5.69 Å². The van der Waals surface area contributed by atoms with Crippen molar-refractivity contribution in [1.29, 1.82) is 0 Å². The van der Waals surface area contributed by atoms with Crippen molar-refractivity contribution in [3.63, 3.8) is 0 Å². The van der Waals surface area contributed by atoms with Crippen molar-refractivity contribution in [3.8, 4) is 11.5 Å². The Morgan fingerprint density at radius 2 is 1.65 bits per heavy atom. The number of aromatic carboxylic acids is 1. The molecule has 0 aliphatic heterocycles. The number of anilines is 1. The minimum absolute atomic E-state index is 0.0690. The molecule has 102 valence electrons. The first kappa shape index (κ1) is 13.4. The second-order valence-corrected chi connectivity index (χ2v) is 4.01. The summed E-state index contributed by atoms with van der Waals surface area (Å²) in [5, 5.41) is 30.3. The molecule has 1 amide bonds. The predicted molar refractivity (Wildman–Crippen MR) is 71.1 cm³/mol. The van der Waals surface area contributed by atoms with E-state index in [2.05, 4.69) is 5.32 Å². The summed E-state index contributed by atoms with van der Waals surface area (Å²) in [7, 11) is 0. The molecule has 0 aliphatic rings. The van der Waals surface area contributed by atoms with Crippen LogP contribution in [0.5, 0.6) is 11.5 Å². The second-order valence-electron chi connectivity index (χ2n) is 4.01. The fourth-order valence-corrected chi connectivity index (χ4v) is 1.67. The summed E-state index contributed by atoms with van der Waals surface area (Å²) < 4.78 is 0. The van der Waals surface area contributed by atoms with Crippen LogP contribution in [0, 0.1) is 0 Å². The third-order valence-corrected chi connectivity index (χ3v) is 2.63. The summed E-state index contributed by atoms with van der Waals surface area (Å²) in [5.41, 5.74) is -0.113. The molecule has 0 aliphatic carbocycles. The molecule has 20 heavy (non-hydrogen) atoms. The average molecular weight is 273 g/mol. The number of hydrogen-bond acceptors (Lipinski definition) is 4. The van der Waals surface area contributed by atoms with Gasteiger partial charge in [-0.25, -0.2) is 4.79 Å². The van der Waals surface area contributed by atoms with Gasteiger partial charge in [0.05, 0.1) is 16.8 Å². The summed E-state index contributed by atoms with van der Waals surface area (Å²) in [4.78, 5) is 23.0. The third kappa shape index (κ3) is 2.69. The van der Waals surface area contributed by atoms with Gasteiger partial charge in [0.25, 0.3) is 5.91 Å². The Morgan fingerprint density at radius 3 is 2.35 bits per heavy atom. The van der Waals surface area contributed by atoms with E-state index in [-0.39, 0.29) is 28.3 Å². The molecule has 0 saturated heterocycles. The fourth-order valence-electron chi connectivity index (χ4n) is 1.67. The molecule has 0 aromatic heterocycles. The van der Waals surface area contributed by atoms with Crippen molar-refractivity contribution >= 4 is 17.6 Å². The lowest BCUT2D eigenvalue weighted by Crippen LogP contribution is -2.14. The van der Waals surface area contributed by atoms with Gasteiger partial charge < -0.3 is 20.6 Å². The van der Waals surface area contributed by atoms with Crippen LogP contribution in [0.1, 0.15) is 20.7 Å². The number of aromatic hydroxyl groups is 2. The number of carboxylic acid groups (broad SMARTS) is 1. The van der Waals surface area contributed by atoms with Crippen LogP contribution in [0.3, 0.4) is 0 Å². The van der Waals surface area contributed by atoms with Gasteiger partial charge in [0, 0.05) is 0 Å². The van der Waals surface area contributed by atoms with Crippen LogP contribution < -0.4 is 5.32 Å². The Morgan fingerprint density at radius 1 is 0.950 bits per heavy atom. The smallest absolute Gasteiger partial charge is 0.337 e. The van der Waals surface area contributed by atoms with Gasteiger partial charge in [0.15, 0.2) is 0 Å². The lowest BCUT2D eigenvalue weighted by atomic mass is 10.1. The molecule has 4 N–H and O–H groups in total. The van der Waals surface area contributed by atoms with Crippen LogP contribution in [-0.2, 0) is 0 Å². The average Bonchev–Trinajstić information content (AvgIpc) is 2.41. The fraction of sp³-hybridized carbons (Fsp3) is 0. The summed E-state index contributed by atoms with van der Waals surface area (Å²) in [6.45, 7) is 0. The van der Waals surface area contributed by atoms with Crippen molar-refractivity contribution in [1.82, 2.24) is 0 Å². The summed E-state index contributed by atoms with van der Waals surface area (Å²) >= 11 is 0. The number of carboxylic acids is 1. The van der Waals surface area contributed by atoms with Crippen molar-refractivity contribution < 1.29 is 24.9 Å². The van der Waals surface area contributed by atoms with E-state index in [4.69, 9.17) is 5.11 Å². The molecule has 0 radical (unpaired) electrons. The molecule has 2 rings (SSSR count). The van der Waals surface area contributed by atoms with Crippen LogP contribution in [0.25, 0.3) is 0 Å². The van der Waals surface area contributed by atoms with E-state index >= 15 is 0 Å². The highest BCUT2D eigenvalue weighted by atomic mass is 16.4. The first-order valence-corrected chi connectivity index (χ1v) is 5.64. The molecular weight excluding hydrogens is 262 g/mol. The molecule has 0 heterocycles. The third-order valence-electron chi connectivity index (χ3n) is 2.63. The van der Waals surface area contributed by atoms with Crippen LogP contribution in [0.2, 0.25) is 0 Å². The molecule has 0 atom stereocenters. The summed E-state index contributed by atoms with van der Waals surface area (Å²) in [6, 6.07) is 9.38. The van der Waals surface area contributed by atoms with Gasteiger partial charge in [-0.2, -0.15) is 0 Å². The maximum Gasteiger partial charge on any atom is 0.337 e. The van der Waals surface area contributed by atoms with Crippen molar-refractivity contribution in [2.45, 2.75) is 0 Å². The molecule has 6 nitrogen and oxygen atoms in total. The summed E-state index contributed by atoms with van der Waals surface area (Å²) in [6.07, 6.45) is 0. The first-order valence-electron chi connectivity index (χ1n) is 5.64. The van der Waals surface area contributed by atoms with E-state index in [0.29, 0.717) is 0 Å². The Hall–Kier alpha value is -3.02. The topological polar surface area (TPSA) is 107 Å². The van der Waals surface area contributed by atoms with E-state index in [1.807, 2.05) is 0 Å². The van der Waals surface area contributed by atoms with Crippen molar-refractivity contribution in [3.05, 3.63) is 53.6 Å². The van der Waals surface area contributed by atoms with E-state index in [1.54, 1.807) is 6.07 Å². The van der Waals surface area contributed by atoms with E-state index in [1.165, 1.54) is 30.3 Å². The summed E-state index contributed by atoms with van der Waals surface area (Å²) in [5.74, 6) is -2.39. The SMILES string of the molecule is O=C(Nc1ccccc1C(=O)O)c1cc(O)ccc1O. The van der Waals surface area contributed by atoms with Gasteiger partial charge in [-0.15, -0.1) is 0 Å². The molecule has 0 fully saturated rings. The number of amides is 1. The molecule has 6 heteroatoms. The van der Waals surface area contributed by atoms with Gasteiger partial charge in [0.1, 0.15) is 11.5 Å². The molecular formula is C14H11NO5. The second kappa shape index (κ2) is 5.31. The van der Waals surface area contributed by atoms with Gasteiger partial charge in [-0.3, -0.25) is 4.79 Å². The lowest BCUT2D eigenvalue weighted by Gasteiger charge is -2.09.